The van der Waals surface area contributed by atoms with Crippen LogP contribution in [-0.2, 0) is 9.47 Å². The summed E-state index contributed by atoms with van der Waals surface area (Å²) < 4.78 is 24.1. The number of halogens is 1. The Labute approximate surface area is 104 Å². The van der Waals surface area contributed by atoms with Crippen LogP contribution in [0.3, 0.4) is 0 Å². The lowest BCUT2D eigenvalue weighted by Gasteiger charge is -2.49. The van der Waals surface area contributed by atoms with Crippen molar-refractivity contribution in [1.82, 2.24) is 0 Å². The summed E-state index contributed by atoms with van der Waals surface area (Å²) in [5, 5.41) is 9.05. The molecule has 0 bridgehead atoms. The number of carboxylic acids is 1. The van der Waals surface area contributed by atoms with Gasteiger partial charge in [-0.25, -0.2) is 9.18 Å². The highest BCUT2D eigenvalue weighted by atomic mass is 19.1. The maximum absolute atomic E-state index is 13.8. The van der Waals surface area contributed by atoms with E-state index in [1.807, 2.05) is 0 Å². The summed E-state index contributed by atoms with van der Waals surface area (Å²) in [5.41, 5.74) is 0.0190. The fourth-order valence-electron chi connectivity index (χ4n) is 2.04. The van der Waals surface area contributed by atoms with Gasteiger partial charge in [0.05, 0.1) is 24.3 Å². The van der Waals surface area contributed by atoms with Crippen LogP contribution in [0.2, 0.25) is 0 Å². The molecule has 1 saturated heterocycles. The summed E-state index contributed by atoms with van der Waals surface area (Å²) in [5.74, 6) is -2.49. The molecule has 18 heavy (non-hydrogen) atoms. The minimum absolute atomic E-state index is 0.0594. The molecule has 6 heteroatoms. The third kappa shape index (κ3) is 1.93. The van der Waals surface area contributed by atoms with E-state index in [-0.39, 0.29) is 11.3 Å². The van der Waals surface area contributed by atoms with E-state index in [9.17, 15) is 9.18 Å². The molecule has 0 saturated carbocycles. The van der Waals surface area contributed by atoms with E-state index >= 15 is 0 Å². The molecule has 98 valence electrons. The molecule has 1 aliphatic heterocycles. The average Bonchev–Trinajstić information content (AvgIpc) is 2.30. The molecule has 2 rings (SSSR count). The maximum atomic E-state index is 13.8. The molecule has 1 N–H and O–H groups in total. The van der Waals surface area contributed by atoms with Gasteiger partial charge in [-0.05, 0) is 12.1 Å². The van der Waals surface area contributed by atoms with E-state index in [0.29, 0.717) is 13.1 Å². The topological polar surface area (TPSA) is 59.0 Å². The zero-order chi connectivity index (χ0) is 13.3. The van der Waals surface area contributed by atoms with Gasteiger partial charge in [-0.2, -0.15) is 0 Å². The van der Waals surface area contributed by atoms with E-state index in [4.69, 9.17) is 14.6 Å². The van der Waals surface area contributed by atoms with Crippen LogP contribution < -0.4 is 4.90 Å². The molecule has 0 spiro atoms. The first-order valence-electron chi connectivity index (χ1n) is 5.40. The largest absolute Gasteiger partial charge is 0.478 e. The Morgan fingerprint density at radius 1 is 1.39 bits per heavy atom. The monoisotopic (exact) mass is 255 g/mol. The van der Waals surface area contributed by atoms with E-state index in [1.54, 1.807) is 4.90 Å². The molecule has 5 nitrogen and oxygen atoms in total. The van der Waals surface area contributed by atoms with Gasteiger partial charge >= 0.3 is 5.97 Å². The highest BCUT2D eigenvalue weighted by Crippen LogP contribution is 2.34. The number of para-hydroxylation sites is 1. The van der Waals surface area contributed by atoms with E-state index in [1.165, 1.54) is 32.4 Å². The first-order valence-corrected chi connectivity index (χ1v) is 5.40. The summed E-state index contributed by atoms with van der Waals surface area (Å²) >= 11 is 0. The first-order chi connectivity index (χ1) is 8.53. The second-order valence-corrected chi connectivity index (χ2v) is 4.12. The van der Waals surface area contributed by atoms with Gasteiger partial charge in [-0.15, -0.1) is 0 Å². The molecular weight excluding hydrogens is 241 g/mol. The van der Waals surface area contributed by atoms with Gasteiger partial charge < -0.3 is 19.5 Å². The second kappa shape index (κ2) is 4.55. The van der Waals surface area contributed by atoms with Gasteiger partial charge in [0.2, 0.25) is 5.79 Å². The van der Waals surface area contributed by atoms with Gasteiger partial charge in [-0.1, -0.05) is 6.07 Å². The summed E-state index contributed by atoms with van der Waals surface area (Å²) in [6.07, 6.45) is 0. The summed E-state index contributed by atoms with van der Waals surface area (Å²) in [6, 6.07) is 3.99. The molecule has 0 atom stereocenters. The van der Waals surface area contributed by atoms with Gasteiger partial charge in [0, 0.05) is 14.2 Å². The SMILES string of the molecule is COC1(OC)CN(c2c(F)cccc2C(=O)O)C1. The number of aromatic carboxylic acids is 1. The molecular formula is C12H14FNO4. The zero-order valence-electron chi connectivity index (χ0n) is 10.1. The smallest absolute Gasteiger partial charge is 0.337 e. The predicted octanol–water partition coefficient (Wildman–Crippen LogP) is 1.33. The van der Waals surface area contributed by atoms with Crippen LogP contribution in [0.25, 0.3) is 0 Å². The number of carbonyl (C=O) groups is 1. The number of ether oxygens (including phenoxy) is 2. The lowest BCUT2D eigenvalue weighted by molar-refractivity contribution is -0.219. The van der Waals surface area contributed by atoms with Gasteiger partial charge in [0.25, 0.3) is 0 Å². The first kappa shape index (κ1) is 12.8. The van der Waals surface area contributed by atoms with Crippen molar-refractivity contribution in [2.45, 2.75) is 5.79 Å². The second-order valence-electron chi connectivity index (χ2n) is 4.12. The fourth-order valence-corrected chi connectivity index (χ4v) is 2.04. The number of methoxy groups -OCH3 is 2. The number of hydrogen-bond acceptors (Lipinski definition) is 4. The Bertz CT molecular complexity index is 465. The van der Waals surface area contributed by atoms with Crippen LogP contribution in [0, 0.1) is 5.82 Å². The van der Waals surface area contributed by atoms with Crippen LogP contribution >= 0.6 is 0 Å². The summed E-state index contributed by atoms with van der Waals surface area (Å²) in [4.78, 5) is 12.7. The van der Waals surface area contributed by atoms with Crippen LogP contribution in [0.4, 0.5) is 10.1 Å². The summed E-state index contributed by atoms with van der Waals surface area (Å²) in [7, 11) is 3.00. The van der Waals surface area contributed by atoms with E-state index in [2.05, 4.69) is 0 Å². The molecule has 1 aromatic rings. The Hall–Kier alpha value is -1.66. The molecule has 1 fully saturated rings. The number of benzene rings is 1. The van der Waals surface area contributed by atoms with Crippen molar-refractivity contribution in [3.63, 3.8) is 0 Å². The Morgan fingerprint density at radius 2 is 2.00 bits per heavy atom. The van der Waals surface area contributed by atoms with Gasteiger partial charge in [0.15, 0.2) is 0 Å². The molecule has 1 heterocycles. The average molecular weight is 255 g/mol. The molecule has 0 radical (unpaired) electrons. The van der Waals surface area contributed by atoms with Crippen LogP contribution in [0.1, 0.15) is 10.4 Å². The molecule has 0 unspecified atom stereocenters. The number of carboxylic acid groups (broad SMARTS) is 1. The minimum Gasteiger partial charge on any atom is -0.478 e. The zero-order valence-corrected chi connectivity index (χ0v) is 10.1. The Kier molecular flexibility index (Phi) is 3.23. The molecule has 0 amide bonds. The van der Waals surface area contributed by atoms with Gasteiger partial charge in [-0.3, -0.25) is 0 Å². The van der Waals surface area contributed by atoms with E-state index < -0.39 is 17.6 Å². The number of rotatable bonds is 4. The van der Waals surface area contributed by atoms with Crippen molar-refractivity contribution >= 4 is 11.7 Å². The normalized spacial score (nSPS) is 17.4. The van der Waals surface area contributed by atoms with Crippen molar-refractivity contribution < 1.29 is 23.8 Å². The van der Waals surface area contributed by atoms with E-state index in [0.717, 1.165) is 0 Å². The fraction of sp³-hybridized carbons (Fsp3) is 0.417. The van der Waals surface area contributed by atoms with Crippen molar-refractivity contribution in [2.24, 2.45) is 0 Å². The molecule has 1 aromatic carbocycles. The molecule has 0 aliphatic carbocycles. The lowest BCUT2D eigenvalue weighted by Crippen LogP contribution is -2.64. The van der Waals surface area contributed by atoms with Crippen LogP contribution in [0.15, 0.2) is 18.2 Å². The van der Waals surface area contributed by atoms with Crippen molar-refractivity contribution in [1.29, 1.82) is 0 Å². The van der Waals surface area contributed by atoms with Crippen LogP contribution in [0.5, 0.6) is 0 Å². The Balaban J connectivity index is 2.29. The molecule has 0 aromatic heterocycles. The lowest BCUT2D eigenvalue weighted by atomic mass is 10.0. The maximum Gasteiger partial charge on any atom is 0.337 e. The van der Waals surface area contributed by atoms with Crippen molar-refractivity contribution in [3.8, 4) is 0 Å². The van der Waals surface area contributed by atoms with Gasteiger partial charge in [0.1, 0.15) is 5.82 Å². The van der Waals surface area contributed by atoms with Crippen molar-refractivity contribution in [2.75, 3.05) is 32.2 Å². The molecule has 1 aliphatic rings. The van der Waals surface area contributed by atoms with Crippen molar-refractivity contribution in [3.05, 3.63) is 29.6 Å². The standard InChI is InChI=1S/C12H14FNO4/c1-17-12(18-2)6-14(7-12)10-8(11(15)16)4-3-5-9(10)13/h3-5H,6-7H2,1-2H3,(H,15,16). The highest BCUT2D eigenvalue weighted by molar-refractivity contribution is 5.94. The third-order valence-electron chi connectivity index (χ3n) is 3.14. The minimum atomic E-state index is -1.16. The quantitative estimate of drug-likeness (QED) is 0.822. The number of hydrogen-bond donors (Lipinski definition) is 1. The number of anilines is 1. The predicted molar refractivity (Wildman–Crippen MR) is 62.3 cm³/mol. The highest BCUT2D eigenvalue weighted by Gasteiger charge is 2.45. The Morgan fingerprint density at radius 3 is 2.50 bits per heavy atom. The third-order valence-corrected chi connectivity index (χ3v) is 3.14. The van der Waals surface area contributed by atoms with Crippen LogP contribution in [-0.4, -0.2) is 44.2 Å². The summed E-state index contributed by atoms with van der Waals surface area (Å²) in [6.45, 7) is 0.586. The number of nitrogens with zero attached hydrogens (tertiary/aromatic N) is 1.